The summed E-state index contributed by atoms with van der Waals surface area (Å²) in [6.07, 6.45) is -0.383. The summed E-state index contributed by atoms with van der Waals surface area (Å²) in [7, 11) is 0. The molecule has 2 aromatic carbocycles. The lowest BCUT2D eigenvalue weighted by Gasteiger charge is -2.08. The summed E-state index contributed by atoms with van der Waals surface area (Å²) in [5.41, 5.74) is 0.202. The van der Waals surface area contributed by atoms with Crippen LogP contribution >= 0.6 is 27.5 Å². The smallest absolute Gasteiger partial charge is 0.229 e. The SMILES string of the molecule is O=C(Cc1c(F)cccc1F)Nc1ccc(Br)c(Cl)c1. The average Bonchev–Trinajstić information content (AvgIpc) is 2.38. The Hall–Kier alpha value is -1.46. The number of halogens is 4. The summed E-state index contributed by atoms with van der Waals surface area (Å²) in [6, 6.07) is 8.32. The molecule has 0 atom stereocenters. The molecule has 0 bridgehead atoms. The van der Waals surface area contributed by atoms with Crippen molar-refractivity contribution < 1.29 is 13.6 Å². The van der Waals surface area contributed by atoms with E-state index in [2.05, 4.69) is 21.2 Å². The van der Waals surface area contributed by atoms with Crippen molar-refractivity contribution >= 4 is 39.1 Å². The molecular formula is C14H9BrClF2NO. The largest absolute Gasteiger partial charge is 0.326 e. The Kier molecular flexibility index (Phi) is 4.73. The number of amides is 1. The first-order valence-electron chi connectivity index (χ1n) is 5.65. The van der Waals surface area contributed by atoms with Gasteiger partial charge in [0.15, 0.2) is 0 Å². The topological polar surface area (TPSA) is 29.1 Å². The van der Waals surface area contributed by atoms with E-state index in [-0.39, 0.29) is 12.0 Å². The molecule has 6 heteroatoms. The predicted octanol–water partition coefficient (Wildman–Crippen LogP) is 4.56. The van der Waals surface area contributed by atoms with Crippen molar-refractivity contribution in [2.24, 2.45) is 0 Å². The van der Waals surface area contributed by atoms with Gasteiger partial charge in [-0.25, -0.2) is 8.78 Å². The molecule has 0 saturated heterocycles. The van der Waals surface area contributed by atoms with Crippen molar-refractivity contribution in [3.05, 3.63) is 63.1 Å². The second kappa shape index (κ2) is 6.33. The van der Waals surface area contributed by atoms with E-state index in [9.17, 15) is 13.6 Å². The highest BCUT2D eigenvalue weighted by atomic mass is 79.9. The van der Waals surface area contributed by atoms with E-state index >= 15 is 0 Å². The Balaban J connectivity index is 2.11. The van der Waals surface area contributed by atoms with Gasteiger partial charge in [-0.15, -0.1) is 0 Å². The van der Waals surface area contributed by atoms with Crippen LogP contribution in [0, 0.1) is 11.6 Å². The third kappa shape index (κ3) is 3.55. The van der Waals surface area contributed by atoms with Gasteiger partial charge in [0.2, 0.25) is 5.91 Å². The second-order valence-corrected chi connectivity index (χ2v) is 5.32. The predicted molar refractivity (Wildman–Crippen MR) is 77.8 cm³/mol. The molecule has 104 valence electrons. The highest BCUT2D eigenvalue weighted by molar-refractivity contribution is 9.10. The molecule has 2 aromatic rings. The van der Waals surface area contributed by atoms with Gasteiger partial charge in [-0.05, 0) is 46.3 Å². The van der Waals surface area contributed by atoms with Gasteiger partial charge in [0.05, 0.1) is 11.4 Å². The molecule has 0 aliphatic rings. The minimum absolute atomic E-state index is 0.256. The van der Waals surface area contributed by atoms with Crippen molar-refractivity contribution in [3.8, 4) is 0 Å². The summed E-state index contributed by atoms with van der Waals surface area (Å²) in [4.78, 5) is 11.8. The maximum atomic E-state index is 13.4. The van der Waals surface area contributed by atoms with Gasteiger partial charge in [0.1, 0.15) is 11.6 Å². The molecule has 1 N–H and O–H groups in total. The van der Waals surface area contributed by atoms with Crippen molar-refractivity contribution in [1.29, 1.82) is 0 Å². The average molecular weight is 361 g/mol. The van der Waals surface area contributed by atoms with Crippen LogP contribution in [0.2, 0.25) is 5.02 Å². The number of hydrogen-bond acceptors (Lipinski definition) is 1. The standard InChI is InChI=1S/C14H9BrClF2NO/c15-10-5-4-8(6-11(10)16)19-14(20)7-9-12(17)2-1-3-13(9)18/h1-6H,7H2,(H,19,20). The molecule has 2 nitrogen and oxygen atoms in total. The van der Waals surface area contributed by atoms with Gasteiger partial charge >= 0.3 is 0 Å². The first kappa shape index (κ1) is 14.9. The Morgan fingerprint density at radius 1 is 1.20 bits per heavy atom. The highest BCUT2D eigenvalue weighted by Gasteiger charge is 2.13. The molecule has 0 fully saturated rings. The Morgan fingerprint density at radius 3 is 2.45 bits per heavy atom. The Bertz CT molecular complexity index is 643. The van der Waals surface area contributed by atoms with Crippen LogP contribution < -0.4 is 5.32 Å². The van der Waals surface area contributed by atoms with Crippen LogP contribution in [0.25, 0.3) is 0 Å². The summed E-state index contributed by atoms with van der Waals surface area (Å²) < 4.78 is 27.5. The van der Waals surface area contributed by atoms with Crippen LogP contribution in [0.5, 0.6) is 0 Å². The summed E-state index contributed by atoms with van der Waals surface area (Å²) in [5.74, 6) is -2.00. The molecule has 0 heterocycles. The van der Waals surface area contributed by atoms with E-state index in [0.29, 0.717) is 15.2 Å². The van der Waals surface area contributed by atoms with Crippen LogP contribution in [0.15, 0.2) is 40.9 Å². The minimum atomic E-state index is -0.742. The monoisotopic (exact) mass is 359 g/mol. The number of carbonyl (C=O) groups is 1. The number of nitrogens with one attached hydrogen (secondary N) is 1. The van der Waals surface area contributed by atoms with Crippen LogP contribution in [0.4, 0.5) is 14.5 Å². The summed E-state index contributed by atoms with van der Waals surface area (Å²) in [5, 5.41) is 2.97. The van der Waals surface area contributed by atoms with E-state index in [1.807, 2.05) is 0 Å². The van der Waals surface area contributed by atoms with E-state index < -0.39 is 17.5 Å². The molecule has 0 unspecified atom stereocenters. The molecule has 0 aliphatic carbocycles. The lowest BCUT2D eigenvalue weighted by atomic mass is 10.1. The van der Waals surface area contributed by atoms with E-state index in [0.717, 1.165) is 12.1 Å². The molecular weight excluding hydrogens is 352 g/mol. The molecule has 0 spiro atoms. The number of hydrogen-bond donors (Lipinski definition) is 1. The maximum Gasteiger partial charge on any atom is 0.229 e. The number of carbonyl (C=O) groups excluding carboxylic acids is 1. The molecule has 0 radical (unpaired) electrons. The van der Waals surface area contributed by atoms with E-state index in [4.69, 9.17) is 11.6 Å². The van der Waals surface area contributed by atoms with Gasteiger partial charge < -0.3 is 5.32 Å². The first-order chi connectivity index (χ1) is 9.47. The molecule has 1 amide bonds. The molecule has 0 aromatic heterocycles. The van der Waals surface area contributed by atoms with Gasteiger partial charge in [0, 0.05) is 15.7 Å². The minimum Gasteiger partial charge on any atom is -0.326 e. The zero-order valence-corrected chi connectivity index (χ0v) is 12.4. The zero-order valence-electron chi connectivity index (χ0n) is 10.1. The highest BCUT2D eigenvalue weighted by Crippen LogP contribution is 2.25. The third-order valence-electron chi connectivity index (χ3n) is 2.60. The third-order valence-corrected chi connectivity index (χ3v) is 3.83. The normalized spacial score (nSPS) is 10.4. The molecule has 0 saturated carbocycles. The lowest BCUT2D eigenvalue weighted by Crippen LogP contribution is -2.16. The van der Waals surface area contributed by atoms with Crippen molar-refractivity contribution in [2.75, 3.05) is 5.32 Å². The van der Waals surface area contributed by atoms with Gasteiger partial charge in [-0.2, -0.15) is 0 Å². The zero-order chi connectivity index (χ0) is 14.7. The van der Waals surface area contributed by atoms with Crippen LogP contribution in [0.3, 0.4) is 0 Å². The summed E-state index contributed by atoms with van der Waals surface area (Å²) in [6.45, 7) is 0. The lowest BCUT2D eigenvalue weighted by molar-refractivity contribution is -0.115. The fourth-order valence-electron chi connectivity index (χ4n) is 1.64. The Morgan fingerprint density at radius 2 is 1.85 bits per heavy atom. The van der Waals surface area contributed by atoms with Gasteiger partial charge in [0.25, 0.3) is 0 Å². The maximum absolute atomic E-state index is 13.4. The Labute approximate surface area is 127 Å². The van der Waals surface area contributed by atoms with Crippen molar-refractivity contribution in [2.45, 2.75) is 6.42 Å². The van der Waals surface area contributed by atoms with Gasteiger partial charge in [-0.1, -0.05) is 17.7 Å². The van der Waals surface area contributed by atoms with Crippen LogP contribution in [-0.2, 0) is 11.2 Å². The van der Waals surface area contributed by atoms with Crippen molar-refractivity contribution in [1.82, 2.24) is 0 Å². The number of rotatable bonds is 3. The first-order valence-corrected chi connectivity index (χ1v) is 6.82. The quantitative estimate of drug-likeness (QED) is 0.854. The molecule has 20 heavy (non-hydrogen) atoms. The van der Waals surface area contributed by atoms with E-state index in [1.54, 1.807) is 18.2 Å². The molecule has 0 aliphatic heterocycles. The molecule has 2 rings (SSSR count). The fourth-order valence-corrected chi connectivity index (χ4v) is 2.07. The van der Waals surface area contributed by atoms with E-state index in [1.165, 1.54) is 6.07 Å². The second-order valence-electron chi connectivity index (χ2n) is 4.05. The number of benzene rings is 2. The van der Waals surface area contributed by atoms with Crippen LogP contribution in [0.1, 0.15) is 5.56 Å². The van der Waals surface area contributed by atoms with Crippen LogP contribution in [-0.4, -0.2) is 5.91 Å². The van der Waals surface area contributed by atoms with Crippen molar-refractivity contribution in [3.63, 3.8) is 0 Å². The number of anilines is 1. The summed E-state index contributed by atoms with van der Waals surface area (Å²) >= 11 is 9.11. The van der Waals surface area contributed by atoms with Gasteiger partial charge in [-0.3, -0.25) is 4.79 Å². The fraction of sp³-hybridized carbons (Fsp3) is 0.0714.